The third-order valence-corrected chi connectivity index (χ3v) is 6.20. The number of aryl methyl sites for hydroxylation is 1. The number of halogens is 2. The molecule has 7 nitrogen and oxygen atoms in total. The number of pyridine rings is 1. The second-order valence-electron chi connectivity index (χ2n) is 7.58. The van der Waals surface area contributed by atoms with E-state index in [0.717, 1.165) is 22.3 Å². The second kappa shape index (κ2) is 9.21. The Kier molecular flexibility index (Phi) is 5.96. The predicted octanol–water partition coefficient (Wildman–Crippen LogP) is 6.21. The lowest BCUT2D eigenvalue weighted by Gasteiger charge is -2.16. The van der Waals surface area contributed by atoms with E-state index in [4.69, 9.17) is 38.1 Å². The zero-order valence-corrected chi connectivity index (χ0v) is 19.6. The Labute approximate surface area is 205 Å². The standard InChI is InChI=1S/C25H19Cl2N5O2/c1-16-13-22(32-12-4-10-28-32)18-6-2-7-23(25(18)30-16)34-15-19-20(26)8-9-21(24(19)27)31-11-3-5-17(31)14-29-33/h2-14,33H,15H2,1H3/b29-14+. The van der Waals surface area contributed by atoms with Crippen molar-refractivity contribution in [3.05, 3.63) is 100 Å². The average Bonchev–Trinajstić information content (AvgIpc) is 3.52. The molecule has 170 valence electrons. The molecule has 3 aromatic heterocycles. The fourth-order valence-corrected chi connectivity index (χ4v) is 4.45. The van der Waals surface area contributed by atoms with Crippen LogP contribution in [0.5, 0.6) is 5.75 Å². The van der Waals surface area contributed by atoms with Crippen molar-refractivity contribution in [2.45, 2.75) is 13.5 Å². The fourth-order valence-electron chi connectivity index (χ4n) is 3.88. The molecule has 0 bridgehead atoms. The van der Waals surface area contributed by atoms with Gasteiger partial charge in [-0.1, -0.05) is 40.5 Å². The lowest BCUT2D eigenvalue weighted by molar-refractivity contribution is 0.309. The van der Waals surface area contributed by atoms with Gasteiger partial charge >= 0.3 is 0 Å². The van der Waals surface area contributed by atoms with Crippen LogP contribution in [0.4, 0.5) is 0 Å². The zero-order chi connectivity index (χ0) is 23.7. The fraction of sp³-hybridized carbons (Fsp3) is 0.0800. The van der Waals surface area contributed by atoms with Crippen LogP contribution in [0.1, 0.15) is 17.0 Å². The number of rotatable bonds is 6. The molecule has 0 saturated carbocycles. The highest BCUT2D eigenvalue weighted by Crippen LogP contribution is 2.34. The summed E-state index contributed by atoms with van der Waals surface area (Å²) in [6, 6.07) is 16.9. The van der Waals surface area contributed by atoms with E-state index in [0.29, 0.717) is 32.7 Å². The molecule has 5 rings (SSSR count). The Morgan fingerprint density at radius 3 is 2.74 bits per heavy atom. The van der Waals surface area contributed by atoms with Crippen molar-refractivity contribution < 1.29 is 9.94 Å². The van der Waals surface area contributed by atoms with Crippen molar-refractivity contribution in [3.63, 3.8) is 0 Å². The first-order valence-electron chi connectivity index (χ1n) is 10.4. The molecule has 0 fully saturated rings. The number of benzene rings is 2. The van der Waals surface area contributed by atoms with Crippen LogP contribution in [-0.4, -0.2) is 30.8 Å². The molecule has 0 saturated heterocycles. The van der Waals surface area contributed by atoms with Gasteiger partial charge in [-0.3, -0.25) is 0 Å². The molecule has 34 heavy (non-hydrogen) atoms. The Morgan fingerprint density at radius 2 is 1.94 bits per heavy atom. The highest BCUT2D eigenvalue weighted by Gasteiger charge is 2.16. The highest BCUT2D eigenvalue weighted by molar-refractivity contribution is 6.37. The molecule has 3 heterocycles. The first-order chi connectivity index (χ1) is 16.6. The minimum Gasteiger partial charge on any atom is -0.487 e. The largest absolute Gasteiger partial charge is 0.487 e. The van der Waals surface area contributed by atoms with Gasteiger partial charge in [-0.05, 0) is 49.4 Å². The number of hydrogen-bond acceptors (Lipinski definition) is 5. The Hall–Kier alpha value is -3.81. The van der Waals surface area contributed by atoms with Crippen LogP contribution >= 0.6 is 23.2 Å². The van der Waals surface area contributed by atoms with E-state index in [1.165, 1.54) is 6.21 Å². The molecule has 0 amide bonds. The normalized spacial score (nSPS) is 11.5. The quantitative estimate of drug-likeness (QED) is 0.174. The van der Waals surface area contributed by atoms with Crippen LogP contribution < -0.4 is 4.74 Å². The van der Waals surface area contributed by atoms with Crippen molar-refractivity contribution in [3.8, 4) is 17.1 Å². The Bertz CT molecular complexity index is 1510. The maximum absolute atomic E-state index is 8.94. The van der Waals surface area contributed by atoms with Crippen molar-refractivity contribution in [2.24, 2.45) is 5.16 Å². The van der Waals surface area contributed by atoms with Gasteiger partial charge in [-0.2, -0.15) is 5.10 Å². The van der Waals surface area contributed by atoms with E-state index >= 15 is 0 Å². The van der Waals surface area contributed by atoms with Gasteiger partial charge in [0, 0.05) is 40.3 Å². The summed E-state index contributed by atoms with van der Waals surface area (Å²) in [7, 11) is 0. The molecule has 2 aromatic carbocycles. The van der Waals surface area contributed by atoms with Gasteiger partial charge < -0.3 is 14.5 Å². The minimum absolute atomic E-state index is 0.141. The van der Waals surface area contributed by atoms with Crippen LogP contribution in [0.2, 0.25) is 10.0 Å². The highest BCUT2D eigenvalue weighted by atomic mass is 35.5. The summed E-state index contributed by atoms with van der Waals surface area (Å²) in [4.78, 5) is 4.72. The van der Waals surface area contributed by atoms with E-state index in [2.05, 4.69) is 10.3 Å². The van der Waals surface area contributed by atoms with Gasteiger partial charge in [0.1, 0.15) is 17.9 Å². The zero-order valence-electron chi connectivity index (χ0n) is 18.1. The van der Waals surface area contributed by atoms with Crippen molar-refractivity contribution in [1.82, 2.24) is 19.3 Å². The SMILES string of the molecule is Cc1cc(-n2cccn2)c2cccc(OCc3c(Cl)ccc(-n4cccc4/C=N/O)c3Cl)c2n1. The van der Waals surface area contributed by atoms with E-state index < -0.39 is 0 Å². The topological polar surface area (TPSA) is 77.5 Å². The monoisotopic (exact) mass is 491 g/mol. The van der Waals surface area contributed by atoms with E-state index in [1.54, 1.807) is 16.8 Å². The number of oxime groups is 1. The molecule has 0 spiro atoms. The molecule has 0 aliphatic carbocycles. The summed E-state index contributed by atoms with van der Waals surface area (Å²) >= 11 is 13.3. The number of aromatic nitrogens is 4. The van der Waals surface area contributed by atoms with Crippen LogP contribution in [-0.2, 0) is 6.61 Å². The molecule has 0 unspecified atom stereocenters. The van der Waals surface area contributed by atoms with Crippen molar-refractivity contribution >= 4 is 40.3 Å². The first-order valence-corrected chi connectivity index (χ1v) is 11.2. The molecule has 0 aliphatic rings. The number of para-hydroxylation sites is 1. The maximum atomic E-state index is 8.94. The van der Waals surface area contributed by atoms with Crippen LogP contribution in [0.25, 0.3) is 22.3 Å². The maximum Gasteiger partial charge on any atom is 0.146 e. The molecular formula is C25H19Cl2N5O2. The number of fused-ring (bicyclic) bond motifs is 1. The molecular weight excluding hydrogens is 473 g/mol. The number of ether oxygens (including phenoxy) is 1. The third-order valence-electron chi connectivity index (χ3n) is 5.43. The molecule has 0 aliphatic heterocycles. The summed E-state index contributed by atoms with van der Waals surface area (Å²) in [5.74, 6) is 0.612. The van der Waals surface area contributed by atoms with Gasteiger partial charge in [-0.15, -0.1) is 0 Å². The summed E-state index contributed by atoms with van der Waals surface area (Å²) in [5.41, 5.74) is 4.48. The van der Waals surface area contributed by atoms with Crippen molar-refractivity contribution in [2.75, 3.05) is 0 Å². The Balaban J connectivity index is 1.53. The van der Waals surface area contributed by atoms with E-state index in [1.807, 2.05) is 72.5 Å². The predicted molar refractivity (Wildman–Crippen MR) is 133 cm³/mol. The van der Waals surface area contributed by atoms with Gasteiger partial charge in [0.15, 0.2) is 0 Å². The van der Waals surface area contributed by atoms with Crippen molar-refractivity contribution in [1.29, 1.82) is 0 Å². The smallest absolute Gasteiger partial charge is 0.146 e. The molecule has 5 aromatic rings. The molecule has 0 atom stereocenters. The van der Waals surface area contributed by atoms with Crippen LogP contribution in [0.3, 0.4) is 0 Å². The second-order valence-corrected chi connectivity index (χ2v) is 8.37. The summed E-state index contributed by atoms with van der Waals surface area (Å²) in [5, 5.41) is 18.3. The van der Waals surface area contributed by atoms with E-state index in [-0.39, 0.29) is 6.61 Å². The summed E-state index contributed by atoms with van der Waals surface area (Å²) in [6.07, 6.45) is 6.79. The number of hydrogen-bond donors (Lipinski definition) is 1. The van der Waals surface area contributed by atoms with Gasteiger partial charge in [-0.25, -0.2) is 9.67 Å². The summed E-state index contributed by atoms with van der Waals surface area (Å²) in [6.45, 7) is 2.08. The number of nitrogens with zero attached hydrogens (tertiary/aromatic N) is 5. The molecule has 0 radical (unpaired) electrons. The summed E-state index contributed by atoms with van der Waals surface area (Å²) < 4.78 is 9.82. The Morgan fingerprint density at radius 1 is 1.06 bits per heavy atom. The van der Waals surface area contributed by atoms with E-state index in [9.17, 15) is 0 Å². The average molecular weight is 492 g/mol. The van der Waals surface area contributed by atoms with Crippen LogP contribution in [0.15, 0.2) is 78.3 Å². The lowest BCUT2D eigenvalue weighted by Crippen LogP contribution is -2.04. The van der Waals surface area contributed by atoms with Crippen LogP contribution in [0, 0.1) is 6.92 Å². The van der Waals surface area contributed by atoms with Gasteiger partial charge in [0.2, 0.25) is 0 Å². The van der Waals surface area contributed by atoms with Gasteiger partial charge in [0.25, 0.3) is 0 Å². The minimum atomic E-state index is 0.141. The molecule has 9 heteroatoms. The molecule has 1 N–H and O–H groups in total. The third kappa shape index (κ3) is 4.00. The van der Waals surface area contributed by atoms with Gasteiger partial charge in [0.05, 0.1) is 28.3 Å². The lowest BCUT2D eigenvalue weighted by atomic mass is 10.1. The first kappa shape index (κ1) is 22.0.